The molecule has 1 unspecified atom stereocenters. The van der Waals surface area contributed by atoms with Crippen molar-refractivity contribution in [2.24, 2.45) is 5.73 Å². The average molecular weight is 297 g/mol. The van der Waals surface area contributed by atoms with Gasteiger partial charge in [-0.05, 0) is 44.0 Å². The number of hydrogen-bond donors (Lipinski definition) is 2. The summed E-state index contributed by atoms with van der Waals surface area (Å²) in [5, 5.41) is 0. The van der Waals surface area contributed by atoms with Crippen molar-refractivity contribution in [1.82, 2.24) is 4.72 Å². The van der Waals surface area contributed by atoms with Crippen molar-refractivity contribution >= 4 is 22.4 Å². The molecule has 1 rings (SSSR count). The van der Waals surface area contributed by atoms with Crippen molar-refractivity contribution < 1.29 is 12.8 Å². The number of benzene rings is 1. The molecular weight excluding hydrogens is 279 g/mol. The molecule has 0 amide bonds. The molecule has 1 aromatic carbocycles. The first kappa shape index (κ1) is 17.3. The van der Waals surface area contributed by atoms with Crippen molar-refractivity contribution in [3.63, 3.8) is 0 Å². The zero-order chi connectivity index (χ0) is 13.1. The maximum Gasteiger partial charge on any atom is 0.240 e. The number of halogens is 2. The van der Waals surface area contributed by atoms with Gasteiger partial charge in [0, 0.05) is 12.6 Å². The van der Waals surface area contributed by atoms with Crippen molar-refractivity contribution in [2.45, 2.75) is 31.2 Å². The normalized spacial score (nSPS) is 12.9. The summed E-state index contributed by atoms with van der Waals surface area (Å²) in [5.41, 5.74) is 6.08. The van der Waals surface area contributed by atoms with Crippen molar-refractivity contribution in [3.8, 4) is 0 Å². The molecule has 0 radical (unpaired) electrons. The Morgan fingerprint density at radius 2 is 2.00 bits per heavy atom. The Morgan fingerprint density at radius 1 is 1.39 bits per heavy atom. The molecular formula is C11H18ClFN2O2S. The molecule has 104 valence electrons. The number of nitrogens with one attached hydrogen (secondary N) is 1. The fraction of sp³-hybridized carbons (Fsp3) is 0.455. The molecule has 7 heteroatoms. The molecule has 1 atom stereocenters. The second-order valence-corrected chi connectivity index (χ2v) is 5.89. The molecule has 18 heavy (non-hydrogen) atoms. The average Bonchev–Trinajstić information content (AvgIpc) is 2.14. The molecule has 3 N–H and O–H groups in total. The fourth-order valence-corrected chi connectivity index (χ4v) is 2.52. The molecule has 1 aromatic rings. The Labute approximate surface area is 113 Å². The molecule has 4 nitrogen and oxygen atoms in total. The third-order valence-corrected chi connectivity index (χ3v) is 3.66. The monoisotopic (exact) mass is 296 g/mol. The summed E-state index contributed by atoms with van der Waals surface area (Å²) in [6, 6.07) is 3.63. The minimum Gasteiger partial charge on any atom is -0.328 e. The molecule has 0 aromatic heterocycles. The lowest BCUT2D eigenvalue weighted by Crippen LogP contribution is -2.29. The zero-order valence-corrected chi connectivity index (χ0v) is 11.9. The van der Waals surface area contributed by atoms with Gasteiger partial charge in [0.25, 0.3) is 0 Å². The van der Waals surface area contributed by atoms with Crippen LogP contribution in [0.4, 0.5) is 4.39 Å². The Balaban J connectivity index is 0.00000289. The fourth-order valence-electron chi connectivity index (χ4n) is 1.36. The van der Waals surface area contributed by atoms with Crippen LogP contribution in [0.2, 0.25) is 0 Å². The molecule has 0 aliphatic heterocycles. The van der Waals surface area contributed by atoms with Gasteiger partial charge in [0.1, 0.15) is 5.82 Å². The first-order valence-electron chi connectivity index (χ1n) is 5.34. The van der Waals surface area contributed by atoms with E-state index in [2.05, 4.69) is 4.72 Å². The van der Waals surface area contributed by atoms with Crippen LogP contribution < -0.4 is 10.5 Å². The van der Waals surface area contributed by atoms with Crippen LogP contribution in [0.15, 0.2) is 23.1 Å². The van der Waals surface area contributed by atoms with Crippen LogP contribution in [0.25, 0.3) is 0 Å². The molecule has 0 saturated heterocycles. The standard InChI is InChI=1S/C11H17FN2O2S.ClH/c1-8-5-10(12)7-11(6-8)17(15,16)14-4-3-9(2)13;/h5-7,9,14H,3-4,13H2,1-2H3;1H. The van der Waals surface area contributed by atoms with Gasteiger partial charge in [-0.15, -0.1) is 12.4 Å². The number of hydrogen-bond acceptors (Lipinski definition) is 3. The molecule has 0 fully saturated rings. The molecule has 0 heterocycles. The van der Waals surface area contributed by atoms with Gasteiger partial charge in [0.2, 0.25) is 10.0 Å². The Morgan fingerprint density at radius 3 is 2.50 bits per heavy atom. The number of aryl methyl sites for hydroxylation is 1. The van der Waals surface area contributed by atoms with E-state index in [9.17, 15) is 12.8 Å². The number of rotatable bonds is 5. The summed E-state index contributed by atoms with van der Waals surface area (Å²) >= 11 is 0. The van der Waals surface area contributed by atoms with Gasteiger partial charge < -0.3 is 5.73 Å². The van der Waals surface area contributed by atoms with Crippen LogP contribution in [-0.2, 0) is 10.0 Å². The van der Waals surface area contributed by atoms with Gasteiger partial charge in [0.15, 0.2) is 0 Å². The minimum absolute atomic E-state index is 0. The third kappa shape index (κ3) is 5.30. The van der Waals surface area contributed by atoms with E-state index in [1.165, 1.54) is 12.1 Å². The maximum absolute atomic E-state index is 13.1. The number of sulfonamides is 1. The summed E-state index contributed by atoms with van der Waals surface area (Å²) < 4.78 is 39.1. The highest BCUT2D eigenvalue weighted by Gasteiger charge is 2.14. The largest absolute Gasteiger partial charge is 0.328 e. The van der Waals surface area contributed by atoms with Crippen molar-refractivity contribution in [3.05, 3.63) is 29.6 Å². The summed E-state index contributed by atoms with van der Waals surface area (Å²) in [7, 11) is -3.65. The highest BCUT2D eigenvalue weighted by Crippen LogP contribution is 2.13. The lowest BCUT2D eigenvalue weighted by molar-refractivity contribution is 0.568. The third-order valence-electron chi connectivity index (χ3n) is 2.22. The van der Waals surface area contributed by atoms with E-state index in [1.807, 2.05) is 0 Å². The van der Waals surface area contributed by atoms with E-state index < -0.39 is 15.8 Å². The van der Waals surface area contributed by atoms with E-state index in [0.717, 1.165) is 6.07 Å². The van der Waals surface area contributed by atoms with Crippen LogP contribution in [0.1, 0.15) is 18.9 Å². The highest BCUT2D eigenvalue weighted by molar-refractivity contribution is 7.89. The van der Waals surface area contributed by atoms with Crippen molar-refractivity contribution in [2.75, 3.05) is 6.54 Å². The second kappa shape index (κ2) is 7.04. The Hall–Kier alpha value is -0.690. The molecule has 0 aliphatic rings. The lowest BCUT2D eigenvalue weighted by Gasteiger charge is -2.09. The van der Waals surface area contributed by atoms with Crippen LogP contribution >= 0.6 is 12.4 Å². The molecule has 0 spiro atoms. The SMILES string of the molecule is Cc1cc(F)cc(S(=O)(=O)NCCC(C)N)c1.Cl. The van der Waals surface area contributed by atoms with Crippen LogP contribution in [0.3, 0.4) is 0 Å². The van der Waals surface area contributed by atoms with Gasteiger partial charge in [-0.3, -0.25) is 0 Å². The highest BCUT2D eigenvalue weighted by atomic mass is 35.5. The summed E-state index contributed by atoms with van der Waals surface area (Å²) in [6.07, 6.45) is 0.535. The van der Waals surface area contributed by atoms with Crippen LogP contribution in [0, 0.1) is 12.7 Å². The smallest absolute Gasteiger partial charge is 0.240 e. The van der Waals surface area contributed by atoms with Crippen molar-refractivity contribution in [1.29, 1.82) is 0 Å². The molecule has 0 aliphatic carbocycles. The first-order valence-corrected chi connectivity index (χ1v) is 6.82. The van der Waals surface area contributed by atoms with Gasteiger partial charge in [-0.25, -0.2) is 17.5 Å². The second-order valence-electron chi connectivity index (χ2n) is 4.13. The van der Waals surface area contributed by atoms with Gasteiger partial charge >= 0.3 is 0 Å². The van der Waals surface area contributed by atoms with E-state index in [0.29, 0.717) is 12.0 Å². The topological polar surface area (TPSA) is 72.2 Å². The zero-order valence-electron chi connectivity index (χ0n) is 10.3. The van der Waals surface area contributed by atoms with Gasteiger partial charge in [0.05, 0.1) is 4.90 Å². The Kier molecular flexibility index (Phi) is 6.77. The van der Waals surface area contributed by atoms with E-state index in [1.54, 1.807) is 13.8 Å². The van der Waals surface area contributed by atoms with E-state index in [4.69, 9.17) is 5.73 Å². The molecule has 0 saturated carbocycles. The van der Waals surface area contributed by atoms with Crippen LogP contribution in [-0.4, -0.2) is 21.0 Å². The summed E-state index contributed by atoms with van der Waals surface area (Å²) in [5.74, 6) is -0.558. The predicted octanol–water partition coefficient (Wildman–Crippen LogP) is 1.57. The van der Waals surface area contributed by atoms with E-state index in [-0.39, 0.29) is 29.9 Å². The van der Waals surface area contributed by atoms with Gasteiger partial charge in [-0.1, -0.05) is 0 Å². The quantitative estimate of drug-likeness (QED) is 0.866. The minimum atomic E-state index is -3.65. The molecule has 0 bridgehead atoms. The van der Waals surface area contributed by atoms with Gasteiger partial charge in [-0.2, -0.15) is 0 Å². The Bertz CT molecular complexity index is 472. The predicted molar refractivity (Wildman–Crippen MR) is 71.8 cm³/mol. The lowest BCUT2D eigenvalue weighted by atomic mass is 10.2. The van der Waals surface area contributed by atoms with E-state index >= 15 is 0 Å². The number of nitrogens with two attached hydrogens (primary N) is 1. The first-order chi connectivity index (χ1) is 7.81. The summed E-state index contributed by atoms with van der Waals surface area (Å²) in [4.78, 5) is -0.0559. The maximum atomic E-state index is 13.1. The van der Waals surface area contributed by atoms with Crippen LogP contribution in [0.5, 0.6) is 0 Å². The summed E-state index contributed by atoms with van der Waals surface area (Å²) in [6.45, 7) is 3.68.